The van der Waals surface area contributed by atoms with E-state index in [1.54, 1.807) is 24.3 Å². The van der Waals surface area contributed by atoms with Crippen LogP contribution < -0.4 is 14.2 Å². The Kier molecular flexibility index (Phi) is 6.20. The topological polar surface area (TPSA) is 65.1 Å². The van der Waals surface area contributed by atoms with Crippen molar-refractivity contribution in [3.8, 4) is 17.2 Å². The number of benzene rings is 2. The molecule has 8 heteroatoms. The Bertz CT molecular complexity index is 913. The molecule has 1 aliphatic rings. The van der Waals surface area contributed by atoms with Crippen molar-refractivity contribution < 1.29 is 28.2 Å². The van der Waals surface area contributed by atoms with Crippen molar-refractivity contribution in [3.63, 3.8) is 0 Å². The van der Waals surface area contributed by atoms with Crippen molar-refractivity contribution >= 4 is 29.0 Å². The van der Waals surface area contributed by atoms with Gasteiger partial charge in [-0.05, 0) is 59.8 Å². The predicted molar refractivity (Wildman–Crippen MR) is 104 cm³/mol. The number of carbonyl (C=O) groups excluding carboxylic acids is 2. The van der Waals surface area contributed by atoms with Gasteiger partial charge in [-0.2, -0.15) is 0 Å². The molecule has 1 fully saturated rings. The second-order valence-corrected chi connectivity index (χ2v) is 6.74. The Morgan fingerprint density at radius 1 is 1.04 bits per heavy atom. The average molecular weight is 403 g/mol. The van der Waals surface area contributed by atoms with Gasteiger partial charge in [-0.15, -0.1) is 0 Å². The number of imide groups is 1. The summed E-state index contributed by atoms with van der Waals surface area (Å²) in [6.07, 6.45) is 1.63. The molecule has 0 bridgehead atoms. The second kappa shape index (κ2) is 8.79. The summed E-state index contributed by atoms with van der Waals surface area (Å²) in [5.41, 5.74) is 0.714. The number of ether oxygens (including phenoxy) is 3. The first-order chi connectivity index (χ1) is 13.5. The van der Waals surface area contributed by atoms with Crippen LogP contribution in [0.1, 0.15) is 5.56 Å². The van der Waals surface area contributed by atoms with Crippen molar-refractivity contribution in [2.24, 2.45) is 0 Å². The predicted octanol–water partition coefficient (Wildman–Crippen LogP) is 3.96. The van der Waals surface area contributed by atoms with E-state index in [4.69, 9.17) is 14.2 Å². The van der Waals surface area contributed by atoms with Gasteiger partial charge < -0.3 is 14.2 Å². The van der Waals surface area contributed by atoms with Gasteiger partial charge in [0.2, 0.25) is 0 Å². The smallest absolute Gasteiger partial charge is 0.293 e. The van der Waals surface area contributed by atoms with E-state index >= 15 is 0 Å². The Morgan fingerprint density at radius 3 is 2.43 bits per heavy atom. The minimum absolute atomic E-state index is 0.102. The molecule has 1 aliphatic heterocycles. The van der Waals surface area contributed by atoms with Crippen LogP contribution in [0.25, 0.3) is 6.08 Å². The molecule has 146 valence electrons. The van der Waals surface area contributed by atoms with Crippen LogP contribution in [0.2, 0.25) is 0 Å². The van der Waals surface area contributed by atoms with Crippen LogP contribution in [-0.2, 0) is 4.79 Å². The number of methoxy groups -OCH3 is 2. The molecule has 0 N–H and O–H groups in total. The molecule has 0 saturated carbocycles. The van der Waals surface area contributed by atoms with Crippen LogP contribution in [0.4, 0.5) is 9.18 Å². The Labute approximate surface area is 165 Å². The highest BCUT2D eigenvalue weighted by molar-refractivity contribution is 8.18. The maximum atomic E-state index is 12.9. The highest BCUT2D eigenvalue weighted by Crippen LogP contribution is 2.34. The molecular formula is C20H18FNO5S. The summed E-state index contributed by atoms with van der Waals surface area (Å²) >= 11 is 0.870. The summed E-state index contributed by atoms with van der Waals surface area (Å²) in [4.78, 5) is 26.2. The molecule has 0 aromatic heterocycles. The lowest BCUT2D eigenvalue weighted by Gasteiger charge is -2.13. The zero-order chi connectivity index (χ0) is 20.1. The first-order valence-corrected chi connectivity index (χ1v) is 9.19. The van der Waals surface area contributed by atoms with E-state index in [9.17, 15) is 14.0 Å². The van der Waals surface area contributed by atoms with E-state index < -0.39 is 0 Å². The van der Waals surface area contributed by atoms with E-state index in [0.717, 1.165) is 16.7 Å². The third-order valence-corrected chi connectivity index (χ3v) is 4.88. The van der Waals surface area contributed by atoms with Crippen molar-refractivity contribution in [3.05, 3.63) is 58.8 Å². The molecule has 0 unspecified atom stereocenters. The highest BCUT2D eigenvalue weighted by Gasteiger charge is 2.34. The summed E-state index contributed by atoms with van der Waals surface area (Å²) in [6.45, 7) is 0.221. The zero-order valence-electron chi connectivity index (χ0n) is 15.3. The van der Waals surface area contributed by atoms with Crippen LogP contribution in [0.15, 0.2) is 47.4 Å². The maximum absolute atomic E-state index is 12.9. The fraction of sp³-hybridized carbons (Fsp3) is 0.200. The lowest BCUT2D eigenvalue weighted by atomic mass is 10.2. The SMILES string of the molecule is COc1ccc(C=C2SC(=O)N(CCOc3ccc(F)cc3)C2=O)cc1OC. The number of halogens is 1. The van der Waals surface area contributed by atoms with Crippen LogP contribution >= 0.6 is 11.8 Å². The highest BCUT2D eigenvalue weighted by atomic mass is 32.2. The molecule has 2 aromatic rings. The van der Waals surface area contributed by atoms with Crippen LogP contribution in [0.3, 0.4) is 0 Å². The van der Waals surface area contributed by atoms with Gasteiger partial charge in [-0.1, -0.05) is 6.07 Å². The maximum Gasteiger partial charge on any atom is 0.293 e. The summed E-state index contributed by atoms with van der Waals surface area (Å²) in [5, 5.41) is -0.362. The van der Waals surface area contributed by atoms with Crippen molar-refractivity contribution in [1.82, 2.24) is 4.90 Å². The van der Waals surface area contributed by atoms with Crippen LogP contribution in [0, 0.1) is 5.82 Å². The Balaban J connectivity index is 1.65. The lowest BCUT2D eigenvalue weighted by Crippen LogP contribution is -2.32. The summed E-state index contributed by atoms with van der Waals surface area (Å²) < 4.78 is 28.8. The van der Waals surface area contributed by atoms with Gasteiger partial charge in [-0.25, -0.2) is 4.39 Å². The standard InChI is InChI=1S/C20H18FNO5S/c1-25-16-8-3-13(11-17(16)26-2)12-18-19(23)22(20(24)28-18)9-10-27-15-6-4-14(21)5-7-15/h3-8,11-12H,9-10H2,1-2H3. The van der Waals surface area contributed by atoms with Crippen molar-refractivity contribution in [1.29, 1.82) is 0 Å². The summed E-state index contributed by atoms with van der Waals surface area (Å²) in [7, 11) is 3.06. The molecule has 2 aromatic carbocycles. The Morgan fingerprint density at radius 2 is 1.75 bits per heavy atom. The third-order valence-electron chi connectivity index (χ3n) is 3.98. The van der Waals surface area contributed by atoms with Gasteiger partial charge in [0.15, 0.2) is 11.5 Å². The number of hydrogen-bond acceptors (Lipinski definition) is 6. The monoisotopic (exact) mass is 403 g/mol. The molecule has 0 radical (unpaired) electrons. The van der Waals surface area contributed by atoms with E-state index in [1.807, 2.05) is 0 Å². The minimum Gasteiger partial charge on any atom is -0.493 e. The fourth-order valence-electron chi connectivity index (χ4n) is 2.57. The van der Waals surface area contributed by atoms with Gasteiger partial charge in [0, 0.05) is 0 Å². The molecule has 1 saturated heterocycles. The number of nitrogens with zero attached hydrogens (tertiary/aromatic N) is 1. The first-order valence-electron chi connectivity index (χ1n) is 8.37. The fourth-order valence-corrected chi connectivity index (χ4v) is 3.44. The molecule has 0 spiro atoms. The van der Waals surface area contributed by atoms with Crippen LogP contribution in [0.5, 0.6) is 17.2 Å². The number of amides is 2. The number of hydrogen-bond donors (Lipinski definition) is 0. The van der Waals surface area contributed by atoms with E-state index in [0.29, 0.717) is 27.7 Å². The molecular weight excluding hydrogens is 385 g/mol. The van der Waals surface area contributed by atoms with Gasteiger partial charge in [0.25, 0.3) is 11.1 Å². The van der Waals surface area contributed by atoms with Crippen molar-refractivity contribution in [2.45, 2.75) is 0 Å². The second-order valence-electron chi connectivity index (χ2n) is 5.75. The first kappa shape index (κ1) is 19.8. The molecule has 6 nitrogen and oxygen atoms in total. The van der Waals surface area contributed by atoms with Crippen molar-refractivity contribution in [2.75, 3.05) is 27.4 Å². The number of rotatable bonds is 7. The zero-order valence-corrected chi connectivity index (χ0v) is 16.1. The van der Waals surface area contributed by atoms with Crippen LogP contribution in [-0.4, -0.2) is 43.4 Å². The largest absolute Gasteiger partial charge is 0.493 e. The molecule has 0 aliphatic carbocycles. The van der Waals surface area contributed by atoms with Gasteiger partial charge in [0.05, 0.1) is 25.7 Å². The quantitative estimate of drug-likeness (QED) is 0.652. The Hall–Kier alpha value is -3.00. The van der Waals surface area contributed by atoms with E-state index in [-0.39, 0.29) is 30.1 Å². The molecule has 28 heavy (non-hydrogen) atoms. The minimum atomic E-state index is -0.382. The molecule has 2 amide bonds. The van der Waals surface area contributed by atoms with E-state index in [1.165, 1.54) is 38.5 Å². The van der Waals surface area contributed by atoms with Gasteiger partial charge >= 0.3 is 0 Å². The third kappa shape index (κ3) is 4.45. The number of thioether (sulfide) groups is 1. The molecule has 3 rings (SSSR count). The average Bonchev–Trinajstić information content (AvgIpc) is 2.96. The lowest BCUT2D eigenvalue weighted by molar-refractivity contribution is -0.123. The van der Waals surface area contributed by atoms with Gasteiger partial charge in [0.1, 0.15) is 18.2 Å². The van der Waals surface area contributed by atoms with Gasteiger partial charge in [-0.3, -0.25) is 14.5 Å². The van der Waals surface area contributed by atoms with E-state index in [2.05, 4.69) is 0 Å². The summed E-state index contributed by atoms with van der Waals surface area (Å²) in [5.74, 6) is 0.828. The molecule has 1 heterocycles. The summed E-state index contributed by atoms with van der Waals surface area (Å²) in [6, 6.07) is 10.8. The normalized spacial score (nSPS) is 15.2. The molecule has 0 atom stereocenters. The number of carbonyl (C=O) groups is 2.